The maximum Gasteiger partial charge on any atom is 0.295 e. The highest BCUT2D eigenvalue weighted by Crippen LogP contribution is 2.30. The predicted octanol–water partition coefficient (Wildman–Crippen LogP) is 2.87. The minimum atomic E-state index is -0.331. The van der Waals surface area contributed by atoms with Crippen LogP contribution in [0.3, 0.4) is 0 Å². The molecule has 1 aliphatic rings. The van der Waals surface area contributed by atoms with E-state index in [0.29, 0.717) is 17.2 Å². The molecule has 1 aromatic rings. The molecule has 1 fully saturated rings. The van der Waals surface area contributed by atoms with Crippen LogP contribution >= 0.6 is 0 Å². The summed E-state index contributed by atoms with van der Waals surface area (Å²) >= 11 is 0. The van der Waals surface area contributed by atoms with E-state index in [0.717, 1.165) is 32.2 Å². The summed E-state index contributed by atoms with van der Waals surface area (Å²) in [6.45, 7) is 2.48. The number of nitrogens with one attached hydrogen (secondary N) is 1. The van der Waals surface area contributed by atoms with E-state index < -0.39 is 0 Å². The maximum absolute atomic E-state index is 11.1. The Morgan fingerprint density at radius 2 is 2.05 bits per heavy atom. The number of nitrogens with zero attached hydrogens (tertiary/aromatic N) is 1. The molecule has 19 heavy (non-hydrogen) atoms. The molecular formula is C14H20N2O3. The summed E-state index contributed by atoms with van der Waals surface area (Å²) in [4.78, 5) is 10.7. The van der Waals surface area contributed by atoms with Gasteiger partial charge in [0.1, 0.15) is 5.69 Å². The lowest BCUT2D eigenvalue weighted by molar-refractivity contribution is -0.384. The number of nitro benzene ring substituents is 1. The topological polar surface area (TPSA) is 75.4 Å². The van der Waals surface area contributed by atoms with Gasteiger partial charge in [0.25, 0.3) is 5.69 Å². The molecule has 0 atom stereocenters. The van der Waals surface area contributed by atoms with Crippen molar-refractivity contribution < 1.29 is 10.0 Å². The van der Waals surface area contributed by atoms with Crippen molar-refractivity contribution >= 4 is 11.4 Å². The average molecular weight is 264 g/mol. The van der Waals surface area contributed by atoms with Crippen molar-refractivity contribution in [3.8, 4) is 0 Å². The lowest BCUT2D eigenvalue weighted by atomic mass is 9.87. The summed E-state index contributed by atoms with van der Waals surface area (Å²) in [5, 5.41) is 23.7. The van der Waals surface area contributed by atoms with Gasteiger partial charge >= 0.3 is 0 Å². The van der Waals surface area contributed by atoms with E-state index in [-0.39, 0.29) is 16.7 Å². The highest BCUT2D eigenvalue weighted by molar-refractivity contribution is 5.64. The summed E-state index contributed by atoms with van der Waals surface area (Å²) in [5.41, 5.74) is 1.43. The number of nitro groups is 1. The molecule has 1 saturated carbocycles. The lowest BCUT2D eigenvalue weighted by Crippen LogP contribution is -2.23. The van der Waals surface area contributed by atoms with Gasteiger partial charge in [-0.15, -0.1) is 0 Å². The molecule has 1 aromatic carbocycles. The zero-order valence-electron chi connectivity index (χ0n) is 11.1. The molecule has 0 heterocycles. The van der Waals surface area contributed by atoms with Gasteiger partial charge < -0.3 is 10.4 Å². The SMILES string of the molecule is Cc1cccc(NCC2CCC(O)CC2)c1[N+](=O)[O-]. The van der Waals surface area contributed by atoms with Crippen molar-refractivity contribution in [2.45, 2.75) is 38.7 Å². The molecule has 2 rings (SSSR count). The van der Waals surface area contributed by atoms with Crippen LogP contribution in [-0.2, 0) is 0 Å². The van der Waals surface area contributed by atoms with E-state index in [1.807, 2.05) is 6.07 Å². The molecule has 0 saturated heterocycles. The largest absolute Gasteiger partial charge is 0.393 e. The van der Waals surface area contributed by atoms with E-state index in [2.05, 4.69) is 5.32 Å². The van der Waals surface area contributed by atoms with Crippen LogP contribution in [0, 0.1) is 23.0 Å². The second-order valence-electron chi connectivity index (χ2n) is 5.28. The Balaban J connectivity index is 2.00. The fourth-order valence-corrected chi connectivity index (χ4v) is 2.65. The standard InChI is InChI=1S/C14H20N2O3/c1-10-3-2-4-13(14(10)16(18)19)15-9-11-5-7-12(17)8-6-11/h2-4,11-12,15,17H,5-9H2,1H3. The van der Waals surface area contributed by atoms with Crippen molar-refractivity contribution in [2.75, 3.05) is 11.9 Å². The minimum Gasteiger partial charge on any atom is -0.393 e. The lowest BCUT2D eigenvalue weighted by Gasteiger charge is -2.25. The smallest absolute Gasteiger partial charge is 0.295 e. The summed E-state index contributed by atoms with van der Waals surface area (Å²) in [7, 11) is 0. The normalized spacial score (nSPS) is 23.1. The molecular weight excluding hydrogens is 244 g/mol. The number of aryl methyl sites for hydroxylation is 1. The number of rotatable bonds is 4. The number of aliphatic hydroxyl groups excluding tert-OH is 1. The molecule has 0 bridgehead atoms. The van der Waals surface area contributed by atoms with Gasteiger partial charge in [-0.05, 0) is 44.6 Å². The monoisotopic (exact) mass is 264 g/mol. The third-order valence-corrected chi connectivity index (χ3v) is 3.82. The molecule has 5 nitrogen and oxygen atoms in total. The van der Waals surface area contributed by atoms with E-state index in [9.17, 15) is 15.2 Å². The van der Waals surface area contributed by atoms with Crippen LogP contribution in [0.1, 0.15) is 31.2 Å². The second kappa shape index (κ2) is 6.02. The number of aliphatic hydroxyl groups is 1. The second-order valence-corrected chi connectivity index (χ2v) is 5.28. The first-order chi connectivity index (χ1) is 9.08. The first-order valence-electron chi connectivity index (χ1n) is 6.74. The van der Waals surface area contributed by atoms with E-state index in [1.165, 1.54) is 0 Å². The van der Waals surface area contributed by atoms with Gasteiger partial charge in [0.15, 0.2) is 0 Å². The van der Waals surface area contributed by atoms with Crippen molar-refractivity contribution in [1.82, 2.24) is 0 Å². The van der Waals surface area contributed by atoms with Crippen LogP contribution in [0.15, 0.2) is 18.2 Å². The van der Waals surface area contributed by atoms with Gasteiger partial charge in [-0.1, -0.05) is 12.1 Å². The summed E-state index contributed by atoms with van der Waals surface area (Å²) in [5.74, 6) is 0.489. The fourth-order valence-electron chi connectivity index (χ4n) is 2.65. The van der Waals surface area contributed by atoms with Crippen LogP contribution in [0.5, 0.6) is 0 Å². The number of para-hydroxylation sites is 1. The van der Waals surface area contributed by atoms with Crippen LogP contribution in [0.4, 0.5) is 11.4 Å². The zero-order valence-corrected chi connectivity index (χ0v) is 11.1. The van der Waals surface area contributed by atoms with Gasteiger partial charge in [-0.2, -0.15) is 0 Å². The summed E-state index contributed by atoms with van der Waals surface area (Å²) in [6, 6.07) is 5.33. The van der Waals surface area contributed by atoms with Gasteiger partial charge in [0, 0.05) is 12.1 Å². The molecule has 0 aliphatic heterocycles. The minimum absolute atomic E-state index is 0.162. The van der Waals surface area contributed by atoms with Gasteiger partial charge in [-0.3, -0.25) is 10.1 Å². The highest BCUT2D eigenvalue weighted by Gasteiger charge is 2.21. The Kier molecular flexibility index (Phi) is 4.37. The van der Waals surface area contributed by atoms with Crippen LogP contribution < -0.4 is 5.32 Å². The Hall–Kier alpha value is -1.62. The van der Waals surface area contributed by atoms with Gasteiger partial charge in [-0.25, -0.2) is 0 Å². The Labute approximate surface area is 112 Å². The predicted molar refractivity (Wildman–Crippen MR) is 74.3 cm³/mol. The highest BCUT2D eigenvalue weighted by atomic mass is 16.6. The van der Waals surface area contributed by atoms with Crippen molar-refractivity contribution in [2.24, 2.45) is 5.92 Å². The van der Waals surface area contributed by atoms with Crippen molar-refractivity contribution in [3.05, 3.63) is 33.9 Å². The molecule has 2 N–H and O–H groups in total. The zero-order chi connectivity index (χ0) is 13.8. The maximum atomic E-state index is 11.1. The Morgan fingerprint density at radius 3 is 2.68 bits per heavy atom. The average Bonchev–Trinajstić information content (AvgIpc) is 2.37. The third-order valence-electron chi connectivity index (χ3n) is 3.82. The third kappa shape index (κ3) is 3.44. The molecule has 0 radical (unpaired) electrons. The number of hydrogen-bond donors (Lipinski definition) is 2. The molecule has 104 valence electrons. The van der Waals surface area contributed by atoms with E-state index >= 15 is 0 Å². The first-order valence-corrected chi connectivity index (χ1v) is 6.74. The number of benzene rings is 1. The molecule has 0 amide bonds. The fraction of sp³-hybridized carbons (Fsp3) is 0.571. The first kappa shape index (κ1) is 13.8. The summed E-state index contributed by atoms with van der Waals surface area (Å²) in [6.07, 6.45) is 3.47. The number of hydrogen-bond acceptors (Lipinski definition) is 4. The molecule has 0 aromatic heterocycles. The van der Waals surface area contributed by atoms with Crippen LogP contribution in [0.25, 0.3) is 0 Å². The number of anilines is 1. The molecule has 0 unspecified atom stereocenters. The van der Waals surface area contributed by atoms with Gasteiger partial charge in [0.2, 0.25) is 0 Å². The molecule has 5 heteroatoms. The summed E-state index contributed by atoms with van der Waals surface area (Å²) < 4.78 is 0. The molecule has 1 aliphatic carbocycles. The Bertz CT molecular complexity index is 454. The van der Waals surface area contributed by atoms with E-state index in [1.54, 1.807) is 19.1 Å². The van der Waals surface area contributed by atoms with E-state index in [4.69, 9.17) is 0 Å². The van der Waals surface area contributed by atoms with Crippen molar-refractivity contribution in [1.29, 1.82) is 0 Å². The van der Waals surface area contributed by atoms with Crippen molar-refractivity contribution in [3.63, 3.8) is 0 Å². The Morgan fingerprint density at radius 1 is 1.37 bits per heavy atom. The van der Waals surface area contributed by atoms with Crippen LogP contribution in [-0.4, -0.2) is 22.7 Å². The van der Waals surface area contributed by atoms with Crippen LogP contribution in [0.2, 0.25) is 0 Å². The quantitative estimate of drug-likeness (QED) is 0.647. The van der Waals surface area contributed by atoms with Gasteiger partial charge in [0.05, 0.1) is 11.0 Å². The molecule has 0 spiro atoms.